The normalized spacial score (nSPS) is 18.3. The van der Waals surface area contributed by atoms with E-state index in [2.05, 4.69) is 25.1 Å². The Morgan fingerprint density at radius 1 is 1.35 bits per heavy atom. The van der Waals surface area contributed by atoms with Gasteiger partial charge in [0.05, 0.1) is 7.11 Å². The SMILES string of the molecule is COc1ccc(C(C)CN)cc1C1CCCC1. The minimum absolute atomic E-state index is 0.432. The summed E-state index contributed by atoms with van der Waals surface area (Å²) < 4.78 is 5.49. The lowest BCUT2D eigenvalue weighted by Gasteiger charge is -2.18. The zero-order chi connectivity index (χ0) is 12.3. The first kappa shape index (κ1) is 12.4. The van der Waals surface area contributed by atoms with E-state index in [1.54, 1.807) is 7.11 Å². The van der Waals surface area contributed by atoms with Crippen molar-refractivity contribution in [1.29, 1.82) is 0 Å². The highest BCUT2D eigenvalue weighted by atomic mass is 16.5. The van der Waals surface area contributed by atoms with Crippen LogP contribution >= 0.6 is 0 Å². The lowest BCUT2D eigenvalue weighted by atomic mass is 9.91. The quantitative estimate of drug-likeness (QED) is 0.865. The largest absolute Gasteiger partial charge is 0.496 e. The zero-order valence-corrected chi connectivity index (χ0v) is 10.9. The molecule has 0 radical (unpaired) electrons. The molecule has 0 heterocycles. The van der Waals surface area contributed by atoms with E-state index >= 15 is 0 Å². The average Bonchev–Trinajstić information content (AvgIpc) is 2.90. The molecule has 1 aromatic rings. The second-order valence-electron chi connectivity index (χ2n) is 5.12. The lowest BCUT2D eigenvalue weighted by Crippen LogP contribution is -2.09. The van der Waals surface area contributed by atoms with Crippen LogP contribution in [0.1, 0.15) is 55.6 Å². The molecule has 94 valence electrons. The number of ether oxygens (including phenoxy) is 1. The van der Waals surface area contributed by atoms with Gasteiger partial charge >= 0.3 is 0 Å². The van der Waals surface area contributed by atoms with Gasteiger partial charge in [-0.2, -0.15) is 0 Å². The molecule has 0 spiro atoms. The van der Waals surface area contributed by atoms with Gasteiger partial charge in [-0.3, -0.25) is 0 Å². The second-order valence-corrected chi connectivity index (χ2v) is 5.12. The van der Waals surface area contributed by atoms with Gasteiger partial charge in [-0.1, -0.05) is 31.9 Å². The van der Waals surface area contributed by atoms with Crippen LogP contribution in [0.25, 0.3) is 0 Å². The van der Waals surface area contributed by atoms with E-state index in [-0.39, 0.29) is 0 Å². The fourth-order valence-electron chi connectivity index (χ4n) is 2.75. The highest BCUT2D eigenvalue weighted by Crippen LogP contribution is 2.39. The van der Waals surface area contributed by atoms with E-state index in [9.17, 15) is 0 Å². The van der Waals surface area contributed by atoms with Crippen molar-refractivity contribution in [3.05, 3.63) is 29.3 Å². The fraction of sp³-hybridized carbons (Fsp3) is 0.600. The van der Waals surface area contributed by atoms with Gasteiger partial charge in [0, 0.05) is 0 Å². The minimum atomic E-state index is 0.432. The van der Waals surface area contributed by atoms with Crippen molar-refractivity contribution < 1.29 is 4.74 Å². The predicted octanol–water partition coefficient (Wildman–Crippen LogP) is 3.42. The van der Waals surface area contributed by atoms with Crippen LogP contribution in [0.5, 0.6) is 5.75 Å². The zero-order valence-electron chi connectivity index (χ0n) is 10.9. The molecule has 1 unspecified atom stereocenters. The van der Waals surface area contributed by atoms with E-state index in [0.717, 1.165) is 5.75 Å². The third-order valence-corrected chi connectivity index (χ3v) is 3.97. The standard InChI is InChI=1S/C15H23NO/c1-11(10-16)13-7-8-15(17-2)14(9-13)12-5-3-4-6-12/h7-9,11-12H,3-6,10,16H2,1-2H3. The van der Waals surface area contributed by atoms with Gasteiger partial charge in [0.15, 0.2) is 0 Å². The summed E-state index contributed by atoms with van der Waals surface area (Å²) >= 11 is 0. The molecule has 2 N–H and O–H groups in total. The van der Waals surface area contributed by atoms with Crippen LogP contribution in [0.3, 0.4) is 0 Å². The Labute approximate surface area is 104 Å². The molecule has 1 aliphatic rings. The molecule has 0 saturated heterocycles. The smallest absolute Gasteiger partial charge is 0.122 e. The summed E-state index contributed by atoms with van der Waals surface area (Å²) in [5, 5.41) is 0. The predicted molar refractivity (Wildman–Crippen MR) is 71.7 cm³/mol. The third kappa shape index (κ3) is 2.63. The molecular weight excluding hydrogens is 210 g/mol. The first-order valence-electron chi connectivity index (χ1n) is 6.64. The summed E-state index contributed by atoms with van der Waals surface area (Å²) in [5.74, 6) is 2.17. The van der Waals surface area contributed by atoms with Crippen LogP contribution in [0.15, 0.2) is 18.2 Å². The van der Waals surface area contributed by atoms with Gasteiger partial charge in [-0.05, 0) is 48.4 Å². The van der Waals surface area contributed by atoms with Crippen molar-refractivity contribution in [2.45, 2.75) is 44.4 Å². The summed E-state index contributed by atoms with van der Waals surface area (Å²) in [6.07, 6.45) is 5.31. The summed E-state index contributed by atoms with van der Waals surface area (Å²) in [6.45, 7) is 2.89. The van der Waals surface area contributed by atoms with E-state index in [1.807, 2.05) is 0 Å². The monoisotopic (exact) mass is 233 g/mol. The van der Waals surface area contributed by atoms with Crippen molar-refractivity contribution in [2.75, 3.05) is 13.7 Å². The maximum Gasteiger partial charge on any atom is 0.122 e. The van der Waals surface area contributed by atoms with E-state index < -0.39 is 0 Å². The second kappa shape index (κ2) is 5.54. The van der Waals surface area contributed by atoms with Crippen molar-refractivity contribution in [3.63, 3.8) is 0 Å². The van der Waals surface area contributed by atoms with Gasteiger partial charge in [0.1, 0.15) is 5.75 Å². The molecule has 0 bridgehead atoms. The van der Waals surface area contributed by atoms with Gasteiger partial charge < -0.3 is 10.5 Å². The highest BCUT2D eigenvalue weighted by molar-refractivity contribution is 5.41. The number of rotatable bonds is 4. The van der Waals surface area contributed by atoms with Gasteiger partial charge in [-0.25, -0.2) is 0 Å². The minimum Gasteiger partial charge on any atom is -0.496 e. The molecule has 2 rings (SSSR count). The van der Waals surface area contributed by atoms with Crippen LogP contribution in [0.4, 0.5) is 0 Å². The molecule has 0 aliphatic heterocycles. The first-order valence-corrected chi connectivity index (χ1v) is 6.64. The molecular formula is C15H23NO. The number of methoxy groups -OCH3 is 1. The third-order valence-electron chi connectivity index (χ3n) is 3.97. The number of hydrogen-bond acceptors (Lipinski definition) is 2. The van der Waals surface area contributed by atoms with Gasteiger partial charge in [-0.15, -0.1) is 0 Å². The van der Waals surface area contributed by atoms with Crippen LogP contribution in [-0.2, 0) is 0 Å². The van der Waals surface area contributed by atoms with Crippen molar-refractivity contribution >= 4 is 0 Å². The van der Waals surface area contributed by atoms with Gasteiger partial charge in [0.25, 0.3) is 0 Å². The number of benzene rings is 1. The van der Waals surface area contributed by atoms with Crippen molar-refractivity contribution in [1.82, 2.24) is 0 Å². The number of hydrogen-bond donors (Lipinski definition) is 1. The fourth-order valence-corrected chi connectivity index (χ4v) is 2.75. The Hall–Kier alpha value is -1.02. The molecule has 1 saturated carbocycles. The summed E-state index contributed by atoms with van der Waals surface area (Å²) in [6, 6.07) is 6.57. The topological polar surface area (TPSA) is 35.2 Å². The van der Waals surface area contributed by atoms with Crippen LogP contribution in [-0.4, -0.2) is 13.7 Å². The maximum absolute atomic E-state index is 5.75. The van der Waals surface area contributed by atoms with E-state index in [0.29, 0.717) is 18.4 Å². The van der Waals surface area contributed by atoms with Crippen molar-refractivity contribution in [3.8, 4) is 5.75 Å². The summed E-state index contributed by atoms with van der Waals surface area (Å²) in [4.78, 5) is 0. The summed E-state index contributed by atoms with van der Waals surface area (Å²) in [7, 11) is 1.76. The highest BCUT2D eigenvalue weighted by Gasteiger charge is 2.21. The molecule has 2 heteroatoms. The Balaban J connectivity index is 2.32. The molecule has 0 amide bonds. The molecule has 1 aliphatic carbocycles. The maximum atomic E-state index is 5.75. The number of nitrogens with two attached hydrogens (primary N) is 1. The average molecular weight is 233 g/mol. The Morgan fingerprint density at radius 2 is 2.06 bits per heavy atom. The first-order chi connectivity index (χ1) is 8.26. The lowest BCUT2D eigenvalue weighted by molar-refractivity contribution is 0.405. The van der Waals surface area contributed by atoms with E-state index in [4.69, 9.17) is 10.5 Å². The molecule has 0 aromatic heterocycles. The molecule has 1 atom stereocenters. The summed E-state index contributed by atoms with van der Waals surface area (Å²) in [5.41, 5.74) is 8.48. The molecule has 1 fully saturated rings. The van der Waals surface area contributed by atoms with Crippen LogP contribution in [0, 0.1) is 0 Å². The van der Waals surface area contributed by atoms with Gasteiger partial charge in [0.2, 0.25) is 0 Å². The molecule has 2 nitrogen and oxygen atoms in total. The Morgan fingerprint density at radius 3 is 2.65 bits per heavy atom. The van der Waals surface area contributed by atoms with Crippen molar-refractivity contribution in [2.24, 2.45) is 5.73 Å². The van der Waals surface area contributed by atoms with E-state index in [1.165, 1.54) is 36.8 Å². The Bertz CT molecular complexity index is 369. The van der Waals surface area contributed by atoms with Crippen LogP contribution < -0.4 is 10.5 Å². The Kier molecular flexibility index (Phi) is 4.06. The molecule has 17 heavy (non-hydrogen) atoms. The molecule has 1 aromatic carbocycles. The van der Waals surface area contributed by atoms with Crippen LogP contribution in [0.2, 0.25) is 0 Å².